The molecular formula is C22H23N3O3. The zero-order valence-corrected chi connectivity index (χ0v) is 16.1. The Bertz CT molecular complexity index is 902. The fraction of sp³-hybridized carbons (Fsp3) is 0.318. The number of amides is 2. The molecule has 0 spiro atoms. The van der Waals surface area contributed by atoms with Crippen molar-refractivity contribution in [2.24, 2.45) is 0 Å². The maximum atomic E-state index is 13.1. The minimum Gasteiger partial charge on any atom is -0.497 e. The van der Waals surface area contributed by atoms with Crippen LogP contribution in [0.25, 0.3) is 0 Å². The molecule has 144 valence electrons. The standard InChI is InChI=1S/C22H23N3O3/c1-3-5-19-14-24(18-8-10-20(28-2)11-9-18)22(27)25(19)15-21(26)17-7-4-6-16(12-17)13-23/h4,6-12,19H,3,5,14-15H2,1-2H3/t19-/m0/s1. The Kier molecular flexibility index (Phi) is 5.95. The molecule has 2 aromatic rings. The van der Waals surface area contributed by atoms with Crippen molar-refractivity contribution in [3.05, 3.63) is 59.7 Å². The molecule has 0 aliphatic carbocycles. The molecule has 6 nitrogen and oxygen atoms in total. The summed E-state index contributed by atoms with van der Waals surface area (Å²) in [7, 11) is 1.60. The van der Waals surface area contributed by atoms with Gasteiger partial charge in [0.15, 0.2) is 5.78 Å². The van der Waals surface area contributed by atoms with Crippen LogP contribution in [0.5, 0.6) is 5.75 Å². The molecule has 28 heavy (non-hydrogen) atoms. The molecule has 6 heteroatoms. The molecule has 0 aromatic heterocycles. The molecule has 0 radical (unpaired) electrons. The smallest absolute Gasteiger partial charge is 0.325 e. The first kappa shape index (κ1) is 19.4. The number of anilines is 1. The highest BCUT2D eigenvalue weighted by molar-refractivity contribution is 6.02. The number of rotatable bonds is 7. The number of Topliss-reactive ketones (excluding diaryl/α,β-unsaturated/α-hetero) is 1. The summed E-state index contributed by atoms with van der Waals surface area (Å²) < 4.78 is 5.18. The second-order valence-corrected chi connectivity index (χ2v) is 6.78. The van der Waals surface area contributed by atoms with E-state index in [4.69, 9.17) is 10.00 Å². The normalized spacial score (nSPS) is 16.2. The lowest BCUT2D eigenvalue weighted by Crippen LogP contribution is -2.39. The van der Waals surface area contributed by atoms with Gasteiger partial charge < -0.3 is 9.64 Å². The quantitative estimate of drug-likeness (QED) is 0.687. The predicted octanol–water partition coefficient (Wildman–Crippen LogP) is 3.86. The summed E-state index contributed by atoms with van der Waals surface area (Å²) >= 11 is 0. The molecular weight excluding hydrogens is 354 g/mol. The Morgan fingerprint density at radius 3 is 2.64 bits per heavy atom. The van der Waals surface area contributed by atoms with Crippen LogP contribution >= 0.6 is 0 Å². The minimum atomic E-state index is -0.173. The van der Waals surface area contributed by atoms with Gasteiger partial charge >= 0.3 is 6.03 Å². The van der Waals surface area contributed by atoms with Crippen LogP contribution in [0, 0.1) is 11.3 Å². The Morgan fingerprint density at radius 1 is 1.25 bits per heavy atom. The lowest BCUT2D eigenvalue weighted by molar-refractivity contribution is 0.0935. The van der Waals surface area contributed by atoms with Gasteiger partial charge in [-0.2, -0.15) is 5.26 Å². The second kappa shape index (κ2) is 8.57. The Morgan fingerprint density at radius 2 is 2.00 bits per heavy atom. The zero-order chi connectivity index (χ0) is 20.1. The second-order valence-electron chi connectivity index (χ2n) is 6.78. The maximum absolute atomic E-state index is 13.1. The maximum Gasteiger partial charge on any atom is 0.325 e. The molecule has 2 amide bonds. The van der Waals surface area contributed by atoms with E-state index in [1.54, 1.807) is 41.2 Å². The molecule has 3 rings (SSSR count). The van der Waals surface area contributed by atoms with Crippen LogP contribution in [0.2, 0.25) is 0 Å². The molecule has 1 heterocycles. The van der Waals surface area contributed by atoms with Gasteiger partial charge in [0.25, 0.3) is 0 Å². The zero-order valence-electron chi connectivity index (χ0n) is 16.1. The van der Waals surface area contributed by atoms with Gasteiger partial charge in [-0.1, -0.05) is 25.5 Å². The number of nitriles is 1. The fourth-order valence-electron chi connectivity index (χ4n) is 3.46. The van der Waals surface area contributed by atoms with E-state index in [0.29, 0.717) is 17.7 Å². The third kappa shape index (κ3) is 3.99. The number of hydrogen-bond acceptors (Lipinski definition) is 4. The Labute approximate surface area is 164 Å². The summed E-state index contributed by atoms with van der Waals surface area (Å²) in [4.78, 5) is 29.2. The van der Waals surface area contributed by atoms with E-state index >= 15 is 0 Å². The highest BCUT2D eigenvalue weighted by Gasteiger charge is 2.38. The Balaban J connectivity index is 1.80. The van der Waals surface area contributed by atoms with Gasteiger partial charge in [-0.15, -0.1) is 0 Å². The summed E-state index contributed by atoms with van der Waals surface area (Å²) in [6.45, 7) is 2.62. The van der Waals surface area contributed by atoms with Crippen molar-refractivity contribution in [2.75, 3.05) is 25.1 Å². The van der Waals surface area contributed by atoms with Crippen molar-refractivity contribution < 1.29 is 14.3 Å². The first-order valence-electron chi connectivity index (χ1n) is 9.33. The number of carbonyl (C=O) groups excluding carboxylic acids is 2. The van der Waals surface area contributed by atoms with E-state index in [1.165, 1.54) is 0 Å². The van der Waals surface area contributed by atoms with Crippen molar-refractivity contribution in [3.8, 4) is 11.8 Å². The van der Waals surface area contributed by atoms with Crippen LogP contribution in [-0.2, 0) is 0 Å². The van der Waals surface area contributed by atoms with Gasteiger partial charge in [0, 0.05) is 17.8 Å². The third-order valence-electron chi connectivity index (χ3n) is 4.94. The molecule has 0 unspecified atom stereocenters. The van der Waals surface area contributed by atoms with Gasteiger partial charge in [0.05, 0.1) is 31.3 Å². The third-order valence-corrected chi connectivity index (χ3v) is 4.94. The average molecular weight is 377 g/mol. The van der Waals surface area contributed by atoms with E-state index in [-0.39, 0.29) is 24.4 Å². The highest BCUT2D eigenvalue weighted by atomic mass is 16.5. The van der Waals surface area contributed by atoms with Gasteiger partial charge in [0.1, 0.15) is 5.75 Å². The van der Waals surface area contributed by atoms with Crippen molar-refractivity contribution in [1.29, 1.82) is 5.26 Å². The molecule has 1 saturated heterocycles. The first-order valence-corrected chi connectivity index (χ1v) is 9.33. The van der Waals surface area contributed by atoms with Crippen molar-refractivity contribution in [1.82, 2.24) is 4.90 Å². The minimum absolute atomic E-state index is 0.00500. The predicted molar refractivity (Wildman–Crippen MR) is 107 cm³/mol. The first-order chi connectivity index (χ1) is 13.6. The summed E-state index contributed by atoms with van der Waals surface area (Å²) in [5, 5.41) is 9.04. The number of benzene rings is 2. The summed E-state index contributed by atoms with van der Waals surface area (Å²) in [6.07, 6.45) is 1.74. The van der Waals surface area contributed by atoms with Crippen LogP contribution in [-0.4, -0.2) is 43.0 Å². The lowest BCUT2D eigenvalue weighted by atomic mass is 10.1. The number of carbonyl (C=O) groups is 2. The van der Waals surface area contributed by atoms with Crippen LogP contribution in [0.3, 0.4) is 0 Å². The summed E-state index contributed by atoms with van der Waals surface area (Å²) in [5.41, 5.74) is 1.67. The lowest BCUT2D eigenvalue weighted by Gasteiger charge is -2.22. The molecule has 1 aliphatic rings. The summed E-state index contributed by atoms with van der Waals surface area (Å²) in [6, 6.07) is 15.8. The summed E-state index contributed by atoms with van der Waals surface area (Å²) in [5.74, 6) is 0.563. The van der Waals surface area contributed by atoms with E-state index in [0.717, 1.165) is 24.3 Å². The van der Waals surface area contributed by atoms with Gasteiger partial charge in [-0.05, 0) is 42.8 Å². The van der Waals surface area contributed by atoms with Crippen LogP contribution in [0.1, 0.15) is 35.7 Å². The van der Waals surface area contributed by atoms with Crippen LogP contribution < -0.4 is 9.64 Å². The van der Waals surface area contributed by atoms with E-state index in [2.05, 4.69) is 6.92 Å². The number of methoxy groups -OCH3 is 1. The number of urea groups is 1. The van der Waals surface area contributed by atoms with Gasteiger partial charge in [-0.3, -0.25) is 9.69 Å². The van der Waals surface area contributed by atoms with E-state index in [9.17, 15) is 9.59 Å². The van der Waals surface area contributed by atoms with Crippen molar-refractivity contribution in [3.63, 3.8) is 0 Å². The number of hydrogen-bond donors (Lipinski definition) is 0. The van der Waals surface area contributed by atoms with Gasteiger partial charge in [0.2, 0.25) is 0 Å². The molecule has 1 aliphatic heterocycles. The number of ketones is 1. The molecule has 2 aromatic carbocycles. The molecule has 0 bridgehead atoms. The fourth-order valence-corrected chi connectivity index (χ4v) is 3.46. The molecule has 0 N–H and O–H groups in total. The largest absolute Gasteiger partial charge is 0.497 e. The average Bonchev–Trinajstić information content (AvgIpc) is 3.04. The SMILES string of the molecule is CCC[C@H]1CN(c2ccc(OC)cc2)C(=O)N1CC(=O)c1cccc(C#N)c1. The molecule has 1 atom stereocenters. The van der Waals surface area contributed by atoms with Crippen LogP contribution in [0.4, 0.5) is 10.5 Å². The van der Waals surface area contributed by atoms with Gasteiger partial charge in [-0.25, -0.2) is 4.79 Å². The van der Waals surface area contributed by atoms with E-state index < -0.39 is 0 Å². The Hall–Kier alpha value is -3.33. The monoisotopic (exact) mass is 377 g/mol. The highest BCUT2D eigenvalue weighted by Crippen LogP contribution is 2.28. The molecule has 1 fully saturated rings. The van der Waals surface area contributed by atoms with Crippen molar-refractivity contribution in [2.45, 2.75) is 25.8 Å². The van der Waals surface area contributed by atoms with E-state index in [1.807, 2.05) is 30.3 Å². The molecule has 0 saturated carbocycles. The number of nitrogens with zero attached hydrogens (tertiary/aromatic N) is 3. The van der Waals surface area contributed by atoms with Crippen LogP contribution in [0.15, 0.2) is 48.5 Å². The topological polar surface area (TPSA) is 73.6 Å². The number of ether oxygens (including phenoxy) is 1. The van der Waals surface area contributed by atoms with Crippen molar-refractivity contribution >= 4 is 17.5 Å².